The number of sulfonamides is 1. The lowest BCUT2D eigenvalue weighted by molar-refractivity contribution is 0.0360. The van der Waals surface area contributed by atoms with Gasteiger partial charge in [0.25, 0.3) is 0 Å². The van der Waals surface area contributed by atoms with Crippen LogP contribution in [-0.4, -0.2) is 82.1 Å². The van der Waals surface area contributed by atoms with E-state index in [1.807, 2.05) is 35.8 Å². The molecule has 10 nitrogen and oxygen atoms in total. The van der Waals surface area contributed by atoms with Crippen molar-refractivity contribution in [1.29, 1.82) is 0 Å². The van der Waals surface area contributed by atoms with Gasteiger partial charge in [-0.3, -0.25) is 4.90 Å². The first-order chi connectivity index (χ1) is 20.7. The second-order valence-electron chi connectivity index (χ2n) is 11.4. The van der Waals surface area contributed by atoms with Crippen molar-refractivity contribution in [1.82, 2.24) is 18.8 Å². The van der Waals surface area contributed by atoms with Gasteiger partial charge < -0.3 is 14.0 Å². The molecule has 1 saturated heterocycles. The van der Waals surface area contributed by atoms with Crippen LogP contribution >= 0.6 is 0 Å². The number of methoxy groups -OCH3 is 1. The van der Waals surface area contributed by atoms with Crippen molar-refractivity contribution in [3.8, 4) is 5.75 Å². The van der Waals surface area contributed by atoms with Gasteiger partial charge in [0.05, 0.1) is 49.4 Å². The molecule has 0 amide bonds. The minimum atomic E-state index is -3.92. The van der Waals surface area contributed by atoms with Gasteiger partial charge >= 0.3 is 0 Å². The molecule has 0 spiro atoms. The number of aryl methyl sites for hydroxylation is 1. The molecule has 0 bridgehead atoms. The van der Waals surface area contributed by atoms with Crippen LogP contribution in [0.5, 0.6) is 5.75 Å². The van der Waals surface area contributed by atoms with Crippen LogP contribution in [0.4, 0.5) is 0 Å². The lowest BCUT2D eigenvalue weighted by Gasteiger charge is -2.31. The van der Waals surface area contributed by atoms with Crippen molar-refractivity contribution >= 4 is 19.9 Å². The highest BCUT2D eigenvalue weighted by atomic mass is 32.2. The van der Waals surface area contributed by atoms with Crippen molar-refractivity contribution in [2.75, 3.05) is 46.5 Å². The van der Waals surface area contributed by atoms with Gasteiger partial charge in [0.15, 0.2) is 0 Å². The van der Waals surface area contributed by atoms with Crippen molar-refractivity contribution < 1.29 is 26.3 Å². The second-order valence-corrected chi connectivity index (χ2v) is 15.2. The Morgan fingerprint density at radius 2 is 1.72 bits per heavy atom. The lowest BCUT2D eigenvalue weighted by Crippen LogP contribution is -2.43. The van der Waals surface area contributed by atoms with E-state index in [0.717, 1.165) is 50.8 Å². The van der Waals surface area contributed by atoms with E-state index < -0.39 is 19.9 Å². The van der Waals surface area contributed by atoms with E-state index >= 15 is 0 Å². The van der Waals surface area contributed by atoms with Crippen LogP contribution in [-0.2, 0) is 36.9 Å². The van der Waals surface area contributed by atoms with Crippen LogP contribution in [0.15, 0.2) is 64.8 Å². The van der Waals surface area contributed by atoms with E-state index in [-0.39, 0.29) is 34.9 Å². The summed E-state index contributed by atoms with van der Waals surface area (Å²) >= 11 is 0. The molecule has 2 fully saturated rings. The Hall–Kier alpha value is -2.77. The van der Waals surface area contributed by atoms with Gasteiger partial charge in [-0.2, -0.15) is 4.31 Å². The summed E-state index contributed by atoms with van der Waals surface area (Å²) in [5.74, 6) is 0.403. The Morgan fingerprint density at radius 1 is 1.00 bits per heavy atom. The summed E-state index contributed by atoms with van der Waals surface area (Å²) in [5, 5.41) is 0.0193. The number of hydrogen-bond donors (Lipinski definition) is 0. The van der Waals surface area contributed by atoms with Crippen LogP contribution in [0.25, 0.3) is 0 Å². The number of hydrogen-bond acceptors (Lipinski definition) is 8. The van der Waals surface area contributed by atoms with Crippen LogP contribution in [0.1, 0.15) is 55.0 Å². The SMILES string of the molecule is COc1ccc(S(=O)(=O)N(CCN2CCOCC2)Cc2cnc(S(=O)(=O)Cc3cccc(C)c3)n2C2CCCCC2)cc1. The van der Waals surface area contributed by atoms with Gasteiger partial charge in [0.2, 0.25) is 25.0 Å². The Bertz CT molecular complexity index is 1580. The van der Waals surface area contributed by atoms with E-state index in [0.29, 0.717) is 36.8 Å². The maximum absolute atomic E-state index is 14.1. The monoisotopic (exact) mass is 630 g/mol. The zero-order valence-electron chi connectivity index (χ0n) is 25.0. The van der Waals surface area contributed by atoms with Crippen LogP contribution in [0, 0.1) is 6.92 Å². The molecule has 12 heteroatoms. The highest BCUT2D eigenvalue weighted by Gasteiger charge is 2.32. The summed E-state index contributed by atoms with van der Waals surface area (Å²) in [6.07, 6.45) is 6.30. The molecule has 43 heavy (non-hydrogen) atoms. The van der Waals surface area contributed by atoms with Gasteiger partial charge in [-0.05, 0) is 49.6 Å². The number of sulfone groups is 1. The number of aromatic nitrogens is 2. The Morgan fingerprint density at radius 3 is 2.40 bits per heavy atom. The predicted molar refractivity (Wildman–Crippen MR) is 164 cm³/mol. The topological polar surface area (TPSA) is 111 Å². The van der Waals surface area contributed by atoms with Gasteiger partial charge in [0.1, 0.15) is 5.75 Å². The molecule has 234 valence electrons. The summed E-state index contributed by atoms with van der Waals surface area (Å²) in [6, 6.07) is 13.8. The first-order valence-electron chi connectivity index (χ1n) is 15.0. The van der Waals surface area contributed by atoms with Gasteiger partial charge in [-0.1, -0.05) is 49.1 Å². The van der Waals surface area contributed by atoms with Crippen molar-refractivity contribution in [3.05, 3.63) is 71.5 Å². The molecule has 1 aliphatic heterocycles. The van der Waals surface area contributed by atoms with Crippen LogP contribution in [0.3, 0.4) is 0 Å². The number of imidazole rings is 1. The van der Waals surface area contributed by atoms with E-state index in [2.05, 4.69) is 9.88 Å². The fourth-order valence-corrected chi connectivity index (χ4v) is 8.91. The van der Waals surface area contributed by atoms with E-state index in [1.54, 1.807) is 30.5 Å². The third kappa shape index (κ3) is 7.66. The van der Waals surface area contributed by atoms with Gasteiger partial charge in [0, 0.05) is 32.2 Å². The third-order valence-corrected chi connectivity index (χ3v) is 11.7. The van der Waals surface area contributed by atoms with Crippen LogP contribution in [0.2, 0.25) is 0 Å². The minimum absolute atomic E-state index is 0.0160. The molecule has 1 aromatic heterocycles. The normalized spacial score (nSPS) is 17.4. The molecule has 1 saturated carbocycles. The highest BCUT2D eigenvalue weighted by molar-refractivity contribution is 7.90. The molecule has 2 aromatic carbocycles. The summed E-state index contributed by atoms with van der Waals surface area (Å²) in [4.78, 5) is 6.82. The molecule has 1 aliphatic carbocycles. The van der Waals surface area contributed by atoms with Gasteiger partial charge in [-0.25, -0.2) is 21.8 Å². The fourth-order valence-electron chi connectivity index (χ4n) is 5.98. The largest absolute Gasteiger partial charge is 0.497 e. The van der Waals surface area contributed by atoms with Crippen molar-refractivity contribution in [2.45, 2.75) is 67.4 Å². The van der Waals surface area contributed by atoms with Gasteiger partial charge in [-0.15, -0.1) is 0 Å². The molecular formula is C31H42N4O6S2. The Balaban J connectivity index is 1.50. The Labute approximate surface area is 255 Å². The first-order valence-corrected chi connectivity index (χ1v) is 18.1. The zero-order chi connectivity index (χ0) is 30.5. The quantitative estimate of drug-likeness (QED) is 0.293. The number of nitrogens with zero attached hydrogens (tertiary/aromatic N) is 4. The molecule has 0 N–H and O–H groups in total. The molecule has 0 unspecified atom stereocenters. The Kier molecular flexibility index (Phi) is 10.2. The third-order valence-electron chi connectivity index (χ3n) is 8.30. The van der Waals surface area contributed by atoms with E-state index in [1.165, 1.54) is 11.4 Å². The zero-order valence-corrected chi connectivity index (χ0v) is 26.7. The van der Waals surface area contributed by atoms with E-state index in [4.69, 9.17) is 9.47 Å². The summed E-state index contributed by atoms with van der Waals surface area (Å²) < 4.78 is 69.8. The summed E-state index contributed by atoms with van der Waals surface area (Å²) in [6.45, 7) is 5.43. The summed E-state index contributed by atoms with van der Waals surface area (Å²) in [7, 11) is -6.19. The lowest BCUT2D eigenvalue weighted by atomic mass is 9.95. The first kappa shape index (κ1) is 31.6. The van der Waals surface area contributed by atoms with Crippen molar-refractivity contribution in [3.63, 3.8) is 0 Å². The number of rotatable bonds is 12. The predicted octanol–water partition coefficient (Wildman–Crippen LogP) is 4.20. The standard InChI is InChI=1S/C31H42N4O6S2/c1-25-7-6-8-26(21-25)24-42(36,37)31-32-22-28(35(31)27-9-4-3-5-10-27)23-34(16-15-33-17-19-41-20-18-33)43(38,39)30-13-11-29(40-2)12-14-30/h6-8,11-14,21-22,27H,3-5,9-10,15-20,23-24H2,1-2H3. The number of morpholine rings is 1. The van der Waals surface area contributed by atoms with E-state index in [9.17, 15) is 16.8 Å². The molecule has 2 heterocycles. The number of benzene rings is 2. The molecule has 2 aliphatic rings. The molecule has 0 atom stereocenters. The molecule has 5 rings (SSSR count). The molecule has 3 aromatic rings. The summed E-state index contributed by atoms with van der Waals surface area (Å²) in [5.41, 5.74) is 2.28. The smallest absolute Gasteiger partial charge is 0.243 e. The highest BCUT2D eigenvalue weighted by Crippen LogP contribution is 2.34. The maximum Gasteiger partial charge on any atom is 0.243 e. The maximum atomic E-state index is 14.1. The minimum Gasteiger partial charge on any atom is -0.497 e. The van der Waals surface area contributed by atoms with Crippen molar-refractivity contribution in [2.24, 2.45) is 0 Å². The average Bonchev–Trinajstić information content (AvgIpc) is 3.45. The van der Waals surface area contributed by atoms with Crippen LogP contribution < -0.4 is 4.74 Å². The second kappa shape index (κ2) is 13.9. The molecular weight excluding hydrogens is 588 g/mol. The average molecular weight is 631 g/mol. The molecule has 0 radical (unpaired) electrons. The number of ether oxygens (including phenoxy) is 2. The fraction of sp³-hybridized carbons (Fsp3) is 0.516.